The Morgan fingerprint density at radius 3 is 3.06 bits per heavy atom. The van der Waals surface area contributed by atoms with Crippen LogP contribution in [0.1, 0.15) is 0 Å². The zero-order chi connectivity index (χ0) is 12.5. The average molecular weight is 267 g/mol. The molecular formula is C11H7ClN2O4. The molecule has 0 unspecified atom stereocenters. The maximum atomic E-state index is 11.3. The van der Waals surface area contributed by atoms with Gasteiger partial charge in [-0.25, -0.2) is 4.98 Å². The summed E-state index contributed by atoms with van der Waals surface area (Å²) in [6, 6.07) is 5.02. The highest BCUT2D eigenvalue weighted by atomic mass is 35.5. The number of halogens is 1. The van der Waals surface area contributed by atoms with Gasteiger partial charge in [-0.1, -0.05) is 11.6 Å². The fourth-order valence-electron chi connectivity index (χ4n) is 1.49. The van der Waals surface area contributed by atoms with Crippen LogP contribution in [0, 0.1) is 0 Å². The topological polar surface area (TPSA) is 73.4 Å². The summed E-state index contributed by atoms with van der Waals surface area (Å²) >= 11 is 5.77. The molecule has 0 aliphatic carbocycles. The Labute approximate surface area is 106 Å². The van der Waals surface area contributed by atoms with Gasteiger partial charge in [0.2, 0.25) is 12.7 Å². The summed E-state index contributed by atoms with van der Waals surface area (Å²) in [7, 11) is 0. The molecule has 1 aliphatic rings. The van der Waals surface area contributed by atoms with Crippen LogP contribution < -0.4 is 19.8 Å². The number of nitrogens with one attached hydrogen (secondary N) is 1. The Balaban J connectivity index is 1.93. The summed E-state index contributed by atoms with van der Waals surface area (Å²) < 4.78 is 15.8. The van der Waals surface area contributed by atoms with Gasteiger partial charge >= 0.3 is 0 Å². The van der Waals surface area contributed by atoms with Crippen LogP contribution in [0.25, 0.3) is 0 Å². The Bertz CT molecular complexity index is 656. The lowest BCUT2D eigenvalue weighted by Crippen LogP contribution is -2.07. The molecule has 1 aromatic carbocycles. The van der Waals surface area contributed by atoms with Crippen molar-refractivity contribution in [1.29, 1.82) is 0 Å². The third kappa shape index (κ3) is 1.86. The van der Waals surface area contributed by atoms with Gasteiger partial charge in [-0.05, 0) is 12.1 Å². The van der Waals surface area contributed by atoms with E-state index in [4.69, 9.17) is 25.8 Å². The van der Waals surface area contributed by atoms with E-state index in [1.807, 2.05) is 0 Å². The third-order valence-corrected chi connectivity index (χ3v) is 2.66. The van der Waals surface area contributed by atoms with Gasteiger partial charge in [-0.15, -0.1) is 0 Å². The van der Waals surface area contributed by atoms with Crippen LogP contribution in [0.3, 0.4) is 0 Å². The van der Waals surface area contributed by atoms with Crippen molar-refractivity contribution in [3.05, 3.63) is 39.9 Å². The van der Waals surface area contributed by atoms with Crippen molar-refractivity contribution in [2.45, 2.75) is 0 Å². The van der Waals surface area contributed by atoms with Crippen LogP contribution in [-0.4, -0.2) is 16.8 Å². The van der Waals surface area contributed by atoms with E-state index in [0.29, 0.717) is 17.2 Å². The van der Waals surface area contributed by atoms with Crippen molar-refractivity contribution in [2.24, 2.45) is 0 Å². The molecule has 1 aromatic heterocycles. The van der Waals surface area contributed by atoms with Crippen molar-refractivity contribution < 1.29 is 14.2 Å². The van der Waals surface area contributed by atoms with E-state index in [9.17, 15) is 4.79 Å². The molecule has 18 heavy (non-hydrogen) atoms. The molecular weight excluding hydrogens is 260 g/mol. The number of rotatable bonds is 2. The molecule has 6 nitrogen and oxygen atoms in total. The highest BCUT2D eigenvalue weighted by Crippen LogP contribution is 2.36. The van der Waals surface area contributed by atoms with Gasteiger partial charge in [0.1, 0.15) is 5.75 Å². The first-order valence-corrected chi connectivity index (χ1v) is 5.42. The summed E-state index contributed by atoms with van der Waals surface area (Å²) in [5.41, 5.74) is -0.456. The fourth-order valence-corrected chi connectivity index (χ4v) is 1.63. The zero-order valence-electron chi connectivity index (χ0n) is 8.97. The van der Waals surface area contributed by atoms with Gasteiger partial charge in [0.15, 0.2) is 16.5 Å². The molecule has 0 amide bonds. The van der Waals surface area contributed by atoms with E-state index in [2.05, 4.69) is 9.97 Å². The summed E-state index contributed by atoms with van der Waals surface area (Å²) in [5.74, 6) is 1.72. The van der Waals surface area contributed by atoms with Crippen molar-refractivity contribution in [2.75, 3.05) is 6.79 Å². The minimum atomic E-state index is -0.456. The van der Waals surface area contributed by atoms with Crippen molar-refractivity contribution in [3.8, 4) is 23.1 Å². The van der Waals surface area contributed by atoms with E-state index >= 15 is 0 Å². The molecule has 0 fully saturated rings. The first-order valence-electron chi connectivity index (χ1n) is 5.05. The van der Waals surface area contributed by atoms with Crippen LogP contribution in [0.5, 0.6) is 23.1 Å². The molecule has 1 N–H and O–H groups in total. The second-order valence-corrected chi connectivity index (χ2v) is 3.85. The lowest BCUT2D eigenvalue weighted by atomic mass is 10.3. The summed E-state index contributed by atoms with van der Waals surface area (Å²) in [6.07, 6.45) is 1.22. The highest BCUT2D eigenvalue weighted by Gasteiger charge is 2.15. The van der Waals surface area contributed by atoms with Crippen molar-refractivity contribution in [1.82, 2.24) is 9.97 Å². The van der Waals surface area contributed by atoms with Crippen LogP contribution >= 0.6 is 11.6 Å². The number of benzene rings is 1. The molecule has 7 heteroatoms. The predicted octanol–water partition coefficient (Wildman–Crippen LogP) is 1.94. The molecule has 0 saturated carbocycles. The van der Waals surface area contributed by atoms with E-state index < -0.39 is 5.56 Å². The first-order chi connectivity index (χ1) is 8.74. The number of aromatic nitrogens is 2. The quantitative estimate of drug-likeness (QED) is 0.899. The fraction of sp³-hybridized carbons (Fsp3) is 0.0909. The van der Waals surface area contributed by atoms with Gasteiger partial charge in [-0.2, -0.15) is 0 Å². The van der Waals surface area contributed by atoms with Gasteiger partial charge in [0.25, 0.3) is 5.56 Å². The number of hydrogen-bond donors (Lipinski definition) is 1. The zero-order valence-corrected chi connectivity index (χ0v) is 9.73. The second kappa shape index (κ2) is 4.23. The monoisotopic (exact) mass is 266 g/mol. The van der Waals surface area contributed by atoms with Gasteiger partial charge < -0.3 is 19.2 Å². The SMILES string of the molecule is O=c1[nH]cnc(Oc2ccc3c(c2)OCO3)c1Cl. The maximum absolute atomic E-state index is 11.3. The van der Waals surface area contributed by atoms with Gasteiger partial charge in [0.05, 0.1) is 6.33 Å². The van der Waals surface area contributed by atoms with Gasteiger partial charge in [0, 0.05) is 6.07 Å². The summed E-state index contributed by atoms with van der Waals surface area (Å²) in [6.45, 7) is 0.183. The lowest BCUT2D eigenvalue weighted by Gasteiger charge is -2.05. The highest BCUT2D eigenvalue weighted by molar-refractivity contribution is 6.31. The van der Waals surface area contributed by atoms with Gasteiger partial charge in [-0.3, -0.25) is 4.79 Å². The summed E-state index contributed by atoms with van der Waals surface area (Å²) in [5, 5.41) is -0.102. The molecule has 92 valence electrons. The minimum Gasteiger partial charge on any atom is -0.454 e. The van der Waals surface area contributed by atoms with Crippen LogP contribution in [0.15, 0.2) is 29.3 Å². The first kappa shape index (κ1) is 10.9. The Hall–Kier alpha value is -2.21. The molecule has 2 heterocycles. The Kier molecular flexibility index (Phi) is 2.56. The molecule has 1 aliphatic heterocycles. The smallest absolute Gasteiger partial charge is 0.273 e. The van der Waals surface area contributed by atoms with Crippen molar-refractivity contribution in [3.63, 3.8) is 0 Å². The van der Waals surface area contributed by atoms with E-state index in [0.717, 1.165) is 0 Å². The summed E-state index contributed by atoms with van der Waals surface area (Å²) in [4.78, 5) is 17.5. The number of hydrogen-bond acceptors (Lipinski definition) is 5. The van der Waals surface area contributed by atoms with Crippen LogP contribution in [-0.2, 0) is 0 Å². The number of fused-ring (bicyclic) bond motifs is 1. The number of ether oxygens (including phenoxy) is 3. The molecule has 0 spiro atoms. The molecule has 0 atom stereocenters. The van der Waals surface area contributed by atoms with E-state index in [1.54, 1.807) is 18.2 Å². The molecule has 0 radical (unpaired) electrons. The average Bonchev–Trinajstić information content (AvgIpc) is 2.82. The van der Waals surface area contributed by atoms with E-state index in [1.165, 1.54) is 6.33 Å². The number of aromatic amines is 1. The van der Waals surface area contributed by atoms with E-state index in [-0.39, 0.29) is 17.7 Å². The lowest BCUT2D eigenvalue weighted by molar-refractivity contribution is 0.174. The third-order valence-electron chi connectivity index (χ3n) is 2.32. The normalized spacial score (nSPS) is 12.5. The molecule has 3 rings (SSSR count). The predicted molar refractivity (Wildman–Crippen MR) is 62.5 cm³/mol. The van der Waals surface area contributed by atoms with Crippen LogP contribution in [0.2, 0.25) is 5.02 Å². The van der Waals surface area contributed by atoms with Crippen molar-refractivity contribution >= 4 is 11.6 Å². The molecule has 0 bridgehead atoms. The minimum absolute atomic E-state index is 0.0410. The standard InChI is InChI=1S/C11H7ClN2O4/c12-9-10(15)13-4-14-11(9)18-6-1-2-7-8(3-6)17-5-16-7/h1-4H,5H2,(H,13,14,15). The number of H-pyrrole nitrogens is 1. The largest absolute Gasteiger partial charge is 0.454 e. The number of nitrogens with zero attached hydrogens (tertiary/aromatic N) is 1. The molecule has 2 aromatic rings. The Morgan fingerprint density at radius 1 is 1.33 bits per heavy atom. The maximum Gasteiger partial charge on any atom is 0.273 e. The second-order valence-electron chi connectivity index (χ2n) is 3.47. The van der Waals surface area contributed by atoms with Crippen LogP contribution in [0.4, 0.5) is 0 Å². The molecule has 0 saturated heterocycles. The Morgan fingerprint density at radius 2 is 2.17 bits per heavy atom.